The lowest BCUT2D eigenvalue weighted by Gasteiger charge is -2.17. The molecule has 20 heavy (non-hydrogen) atoms. The molecule has 1 atom stereocenters. The first-order chi connectivity index (χ1) is 9.60. The van der Waals surface area contributed by atoms with Crippen LogP contribution >= 0.6 is 15.9 Å². The number of anilines is 1. The summed E-state index contributed by atoms with van der Waals surface area (Å²) in [6, 6.07) is 14.8. The predicted octanol–water partition coefficient (Wildman–Crippen LogP) is 5.33. The molecule has 1 N–H and O–H groups in total. The van der Waals surface area contributed by atoms with E-state index in [0.29, 0.717) is 6.61 Å². The number of hydrogen-bond acceptors (Lipinski definition) is 2. The summed E-state index contributed by atoms with van der Waals surface area (Å²) < 4.78 is 6.56. The lowest BCUT2D eigenvalue weighted by molar-refractivity contribution is 0.340. The summed E-state index contributed by atoms with van der Waals surface area (Å²) in [6.07, 6.45) is 0. The molecule has 2 aromatic rings. The Morgan fingerprint density at radius 3 is 2.45 bits per heavy atom. The normalized spacial score (nSPS) is 12.0. The number of rotatable bonds is 5. The van der Waals surface area contributed by atoms with E-state index in [1.165, 1.54) is 11.1 Å². The van der Waals surface area contributed by atoms with E-state index in [2.05, 4.69) is 65.4 Å². The Bertz CT molecular complexity index is 566. The average molecular weight is 334 g/mol. The summed E-state index contributed by atoms with van der Waals surface area (Å²) in [5.41, 5.74) is 3.59. The Morgan fingerprint density at radius 1 is 1.15 bits per heavy atom. The quantitative estimate of drug-likeness (QED) is 0.798. The molecule has 0 saturated heterocycles. The van der Waals surface area contributed by atoms with Crippen LogP contribution in [0.2, 0.25) is 0 Å². The van der Waals surface area contributed by atoms with E-state index in [1.807, 2.05) is 19.1 Å². The molecule has 0 aliphatic heterocycles. The van der Waals surface area contributed by atoms with E-state index in [4.69, 9.17) is 4.74 Å². The van der Waals surface area contributed by atoms with Crippen molar-refractivity contribution in [2.45, 2.75) is 26.8 Å². The van der Waals surface area contributed by atoms with Gasteiger partial charge in [0, 0.05) is 16.2 Å². The molecule has 2 nitrogen and oxygen atoms in total. The van der Waals surface area contributed by atoms with Crippen LogP contribution in [0.1, 0.15) is 31.0 Å². The van der Waals surface area contributed by atoms with Gasteiger partial charge in [0.15, 0.2) is 0 Å². The molecular weight excluding hydrogens is 314 g/mol. The Hall–Kier alpha value is -1.48. The highest BCUT2D eigenvalue weighted by Crippen LogP contribution is 2.28. The molecule has 0 fully saturated rings. The Morgan fingerprint density at radius 2 is 1.85 bits per heavy atom. The van der Waals surface area contributed by atoms with Gasteiger partial charge in [-0.1, -0.05) is 18.2 Å². The standard InChI is InChI=1S/C17H20BrNO/c1-4-20-15-8-6-14(7-9-15)13(3)19-17-10-5-12(2)11-16(17)18/h5-11,13,19H,4H2,1-3H3. The number of aryl methyl sites for hydroxylation is 1. The zero-order chi connectivity index (χ0) is 14.5. The maximum Gasteiger partial charge on any atom is 0.119 e. The molecule has 0 radical (unpaired) electrons. The lowest BCUT2D eigenvalue weighted by Crippen LogP contribution is -2.07. The fourth-order valence-corrected chi connectivity index (χ4v) is 2.68. The van der Waals surface area contributed by atoms with E-state index in [9.17, 15) is 0 Å². The number of nitrogens with one attached hydrogen (secondary N) is 1. The second-order valence-corrected chi connectivity index (χ2v) is 5.71. The number of halogens is 1. The van der Waals surface area contributed by atoms with Crippen LogP contribution in [0.15, 0.2) is 46.9 Å². The highest BCUT2D eigenvalue weighted by atomic mass is 79.9. The van der Waals surface area contributed by atoms with Crippen LogP contribution in [0, 0.1) is 6.92 Å². The molecule has 0 heterocycles. The second-order valence-electron chi connectivity index (χ2n) is 4.85. The third-order valence-corrected chi connectivity index (χ3v) is 3.84. The maximum atomic E-state index is 5.46. The monoisotopic (exact) mass is 333 g/mol. The minimum atomic E-state index is 0.240. The van der Waals surface area contributed by atoms with Crippen molar-refractivity contribution in [3.63, 3.8) is 0 Å². The number of ether oxygens (including phenoxy) is 1. The van der Waals surface area contributed by atoms with Gasteiger partial charge in [-0.15, -0.1) is 0 Å². The summed E-state index contributed by atoms with van der Waals surface area (Å²) in [5, 5.41) is 3.52. The molecule has 0 saturated carbocycles. The molecule has 0 spiro atoms. The molecule has 0 aliphatic carbocycles. The number of hydrogen-bond donors (Lipinski definition) is 1. The highest BCUT2D eigenvalue weighted by molar-refractivity contribution is 9.10. The van der Waals surface area contributed by atoms with Gasteiger partial charge in [0.1, 0.15) is 5.75 Å². The zero-order valence-electron chi connectivity index (χ0n) is 12.1. The Kier molecular flexibility index (Phi) is 5.07. The van der Waals surface area contributed by atoms with Crippen molar-refractivity contribution in [2.75, 3.05) is 11.9 Å². The average Bonchev–Trinajstić information content (AvgIpc) is 2.43. The first kappa shape index (κ1) is 14.9. The van der Waals surface area contributed by atoms with Crippen LogP contribution in [0.3, 0.4) is 0 Å². The van der Waals surface area contributed by atoms with Crippen LogP contribution in [0.5, 0.6) is 5.75 Å². The Labute approximate surface area is 129 Å². The van der Waals surface area contributed by atoms with E-state index in [1.54, 1.807) is 0 Å². The third kappa shape index (κ3) is 3.76. The summed E-state index contributed by atoms with van der Waals surface area (Å²) in [7, 11) is 0. The van der Waals surface area contributed by atoms with E-state index < -0.39 is 0 Å². The van der Waals surface area contributed by atoms with Gasteiger partial charge in [0.05, 0.1) is 6.61 Å². The van der Waals surface area contributed by atoms with E-state index in [-0.39, 0.29) is 6.04 Å². The topological polar surface area (TPSA) is 21.3 Å². The van der Waals surface area contributed by atoms with E-state index >= 15 is 0 Å². The molecule has 0 bridgehead atoms. The van der Waals surface area contributed by atoms with Crippen molar-refractivity contribution in [3.05, 3.63) is 58.1 Å². The molecule has 0 aromatic heterocycles. The van der Waals surface area contributed by atoms with E-state index in [0.717, 1.165) is 15.9 Å². The van der Waals surface area contributed by atoms with Gasteiger partial charge in [0.2, 0.25) is 0 Å². The van der Waals surface area contributed by atoms with Crippen molar-refractivity contribution in [2.24, 2.45) is 0 Å². The van der Waals surface area contributed by atoms with Crippen molar-refractivity contribution in [3.8, 4) is 5.75 Å². The molecule has 0 amide bonds. The first-order valence-electron chi connectivity index (χ1n) is 6.85. The smallest absolute Gasteiger partial charge is 0.119 e. The molecule has 1 unspecified atom stereocenters. The summed E-state index contributed by atoms with van der Waals surface area (Å²) in [4.78, 5) is 0. The fraction of sp³-hybridized carbons (Fsp3) is 0.294. The SMILES string of the molecule is CCOc1ccc(C(C)Nc2ccc(C)cc2Br)cc1. The number of benzene rings is 2. The van der Waals surface area contributed by atoms with Gasteiger partial charge in [-0.2, -0.15) is 0 Å². The summed E-state index contributed by atoms with van der Waals surface area (Å²) in [6.45, 7) is 6.93. The predicted molar refractivity (Wildman–Crippen MR) is 88.5 cm³/mol. The third-order valence-electron chi connectivity index (χ3n) is 3.19. The van der Waals surface area contributed by atoms with Crippen molar-refractivity contribution < 1.29 is 4.74 Å². The van der Waals surface area contributed by atoms with Gasteiger partial charge in [-0.25, -0.2) is 0 Å². The van der Waals surface area contributed by atoms with Crippen LogP contribution < -0.4 is 10.1 Å². The first-order valence-corrected chi connectivity index (χ1v) is 7.65. The Balaban J connectivity index is 2.09. The molecule has 3 heteroatoms. The van der Waals surface area contributed by atoms with Crippen LogP contribution in [-0.2, 0) is 0 Å². The van der Waals surface area contributed by atoms with Gasteiger partial charge in [0.25, 0.3) is 0 Å². The summed E-state index contributed by atoms with van der Waals surface area (Å²) >= 11 is 3.60. The minimum absolute atomic E-state index is 0.240. The minimum Gasteiger partial charge on any atom is -0.494 e. The van der Waals surface area contributed by atoms with Gasteiger partial charge in [-0.05, 0) is 72.1 Å². The largest absolute Gasteiger partial charge is 0.494 e. The van der Waals surface area contributed by atoms with Gasteiger partial charge >= 0.3 is 0 Å². The second kappa shape index (κ2) is 6.80. The zero-order valence-corrected chi connectivity index (χ0v) is 13.7. The molecule has 106 valence electrons. The molecule has 2 rings (SSSR count). The summed E-state index contributed by atoms with van der Waals surface area (Å²) in [5.74, 6) is 0.917. The van der Waals surface area contributed by atoms with Gasteiger partial charge < -0.3 is 10.1 Å². The van der Waals surface area contributed by atoms with Crippen LogP contribution in [0.4, 0.5) is 5.69 Å². The van der Waals surface area contributed by atoms with Crippen molar-refractivity contribution >= 4 is 21.6 Å². The van der Waals surface area contributed by atoms with Gasteiger partial charge in [-0.3, -0.25) is 0 Å². The molecule has 2 aromatic carbocycles. The highest BCUT2D eigenvalue weighted by Gasteiger charge is 2.07. The fourth-order valence-electron chi connectivity index (χ4n) is 2.07. The lowest BCUT2D eigenvalue weighted by atomic mass is 10.1. The van der Waals surface area contributed by atoms with Crippen molar-refractivity contribution in [1.29, 1.82) is 0 Å². The molecular formula is C17H20BrNO. The van der Waals surface area contributed by atoms with Crippen LogP contribution in [0.25, 0.3) is 0 Å². The van der Waals surface area contributed by atoms with Crippen molar-refractivity contribution in [1.82, 2.24) is 0 Å². The maximum absolute atomic E-state index is 5.46. The molecule has 0 aliphatic rings. The van der Waals surface area contributed by atoms with Crippen LogP contribution in [-0.4, -0.2) is 6.61 Å².